The number of hydrogen-bond donors (Lipinski definition) is 2. The van der Waals surface area contributed by atoms with Gasteiger partial charge in [0.1, 0.15) is 17.8 Å². The van der Waals surface area contributed by atoms with Crippen LogP contribution in [0.2, 0.25) is 0 Å². The molecule has 10 nitrogen and oxygen atoms in total. The summed E-state index contributed by atoms with van der Waals surface area (Å²) in [5, 5.41) is 13.8. The number of aromatic nitrogens is 6. The second-order valence-electron chi connectivity index (χ2n) is 8.23. The van der Waals surface area contributed by atoms with E-state index in [2.05, 4.69) is 30.6 Å². The van der Waals surface area contributed by atoms with Gasteiger partial charge in [0.15, 0.2) is 5.69 Å². The molecule has 4 aromatic heterocycles. The molecule has 0 aromatic carbocycles. The average molecular weight is 483 g/mol. The van der Waals surface area contributed by atoms with E-state index in [1.807, 2.05) is 6.92 Å². The van der Waals surface area contributed by atoms with Crippen LogP contribution in [0.25, 0.3) is 22.8 Å². The second-order valence-corrected chi connectivity index (χ2v) is 8.23. The highest BCUT2D eigenvalue weighted by Gasteiger charge is 2.26. The number of pyridine rings is 1. The maximum atomic E-state index is 13.9. The molecule has 4 aromatic rings. The molecule has 1 aliphatic rings. The first-order valence-corrected chi connectivity index (χ1v) is 11.3. The van der Waals surface area contributed by atoms with Crippen molar-refractivity contribution < 1.29 is 22.7 Å². The lowest BCUT2D eigenvalue weighted by Crippen LogP contribution is -2.24. The van der Waals surface area contributed by atoms with Gasteiger partial charge in [-0.25, -0.2) is 14.4 Å². The predicted octanol–water partition coefficient (Wildman–Crippen LogP) is 4.37. The Kier molecular flexibility index (Phi) is 6.36. The smallest absolute Gasteiger partial charge is 0.277 e. The van der Waals surface area contributed by atoms with Gasteiger partial charge in [0.25, 0.3) is 5.91 Å². The lowest BCUT2D eigenvalue weighted by molar-refractivity contribution is 0.0260. The third-order valence-electron chi connectivity index (χ3n) is 5.88. The topological polar surface area (TPSA) is 124 Å². The summed E-state index contributed by atoms with van der Waals surface area (Å²) < 4.78 is 40.6. The number of carbonyl (C=O) groups excluding carboxylic acids is 1. The van der Waals surface area contributed by atoms with Crippen molar-refractivity contribution >= 4 is 11.6 Å². The monoisotopic (exact) mass is 483 g/mol. The molecule has 0 unspecified atom stereocenters. The van der Waals surface area contributed by atoms with Crippen molar-refractivity contribution in [3.05, 3.63) is 54.4 Å². The predicted molar refractivity (Wildman–Crippen MR) is 120 cm³/mol. The van der Waals surface area contributed by atoms with Gasteiger partial charge in [0.05, 0.1) is 35.3 Å². The molecule has 1 saturated carbocycles. The molecule has 0 spiro atoms. The average Bonchev–Trinajstić information content (AvgIpc) is 3.59. The highest BCUT2D eigenvalue weighted by Crippen LogP contribution is 2.34. The van der Waals surface area contributed by atoms with Gasteiger partial charge in [-0.15, -0.1) is 0 Å². The van der Waals surface area contributed by atoms with E-state index >= 15 is 0 Å². The SMILES string of the molecule is CCOC1CCC(n2cc(NC(=O)c3coc(-c4cn[nH]c4)n3)c(-c3cc(F)cc(F)n3)n2)CC1. The number of amides is 1. The largest absolute Gasteiger partial charge is 0.444 e. The van der Waals surface area contributed by atoms with E-state index in [0.717, 1.165) is 31.7 Å². The Morgan fingerprint density at radius 3 is 2.80 bits per heavy atom. The van der Waals surface area contributed by atoms with Crippen molar-refractivity contribution in [2.75, 3.05) is 11.9 Å². The van der Waals surface area contributed by atoms with Crippen molar-refractivity contribution in [1.29, 1.82) is 0 Å². The fourth-order valence-corrected chi connectivity index (χ4v) is 4.22. The Bertz CT molecular complexity index is 1290. The van der Waals surface area contributed by atoms with Crippen LogP contribution in [0.15, 0.2) is 41.4 Å². The minimum atomic E-state index is -0.981. The quantitative estimate of drug-likeness (QED) is 0.374. The van der Waals surface area contributed by atoms with Crippen LogP contribution >= 0.6 is 0 Å². The highest BCUT2D eigenvalue weighted by molar-refractivity contribution is 6.04. The molecule has 0 radical (unpaired) electrons. The molecule has 4 heterocycles. The molecule has 2 N–H and O–H groups in total. The Balaban J connectivity index is 1.43. The summed E-state index contributed by atoms with van der Waals surface area (Å²) >= 11 is 0. The fourth-order valence-electron chi connectivity index (χ4n) is 4.22. The Hall–Kier alpha value is -3.93. The maximum Gasteiger partial charge on any atom is 0.277 e. The van der Waals surface area contributed by atoms with Gasteiger partial charge in [0.2, 0.25) is 11.8 Å². The summed E-state index contributed by atoms with van der Waals surface area (Å²) in [5.41, 5.74) is 0.989. The molecule has 0 atom stereocenters. The van der Waals surface area contributed by atoms with Crippen molar-refractivity contribution in [1.82, 2.24) is 29.9 Å². The number of nitrogens with one attached hydrogen (secondary N) is 2. The summed E-state index contributed by atoms with van der Waals surface area (Å²) in [6, 6.07) is 1.81. The summed E-state index contributed by atoms with van der Waals surface area (Å²) in [6.45, 7) is 2.64. The van der Waals surface area contributed by atoms with Gasteiger partial charge in [-0.3, -0.25) is 14.6 Å². The van der Waals surface area contributed by atoms with E-state index in [0.29, 0.717) is 18.2 Å². The molecule has 0 bridgehead atoms. The van der Waals surface area contributed by atoms with Gasteiger partial charge in [-0.1, -0.05) is 0 Å². The Morgan fingerprint density at radius 2 is 2.09 bits per heavy atom. The van der Waals surface area contributed by atoms with E-state index in [9.17, 15) is 13.6 Å². The summed E-state index contributed by atoms with van der Waals surface area (Å²) in [5.74, 6) is -2.12. The van der Waals surface area contributed by atoms with E-state index in [4.69, 9.17) is 9.15 Å². The number of carbonyl (C=O) groups is 1. The van der Waals surface area contributed by atoms with Crippen LogP contribution in [0.1, 0.15) is 49.1 Å². The number of halogens is 2. The minimum absolute atomic E-state index is 0.0236. The van der Waals surface area contributed by atoms with Crippen LogP contribution in [0, 0.1) is 11.8 Å². The molecule has 182 valence electrons. The second kappa shape index (κ2) is 9.74. The maximum absolute atomic E-state index is 13.9. The van der Waals surface area contributed by atoms with Crippen molar-refractivity contribution in [3.63, 3.8) is 0 Å². The van der Waals surface area contributed by atoms with E-state index in [-0.39, 0.29) is 40.8 Å². The molecule has 35 heavy (non-hydrogen) atoms. The molecule has 12 heteroatoms. The highest BCUT2D eigenvalue weighted by atomic mass is 19.1. The number of H-pyrrole nitrogens is 1. The number of rotatable bonds is 7. The molecule has 1 aliphatic carbocycles. The first-order valence-electron chi connectivity index (χ1n) is 11.3. The lowest BCUT2D eigenvalue weighted by atomic mass is 9.93. The van der Waals surface area contributed by atoms with Crippen LogP contribution in [-0.4, -0.2) is 48.6 Å². The number of oxazole rings is 1. The van der Waals surface area contributed by atoms with Crippen molar-refractivity contribution in [3.8, 4) is 22.8 Å². The molecule has 5 rings (SSSR count). The third-order valence-corrected chi connectivity index (χ3v) is 5.88. The van der Waals surface area contributed by atoms with E-state index in [1.165, 1.54) is 12.5 Å². The zero-order valence-corrected chi connectivity index (χ0v) is 18.9. The normalized spacial score (nSPS) is 18.0. The molecule has 0 saturated heterocycles. The molecule has 0 aliphatic heterocycles. The zero-order valence-electron chi connectivity index (χ0n) is 18.9. The molecular weight excluding hydrogens is 460 g/mol. The summed E-state index contributed by atoms with van der Waals surface area (Å²) in [4.78, 5) is 20.9. The lowest BCUT2D eigenvalue weighted by Gasteiger charge is -2.28. The Labute approximate surface area is 198 Å². The van der Waals surface area contributed by atoms with Crippen LogP contribution in [0.3, 0.4) is 0 Å². The summed E-state index contributed by atoms with van der Waals surface area (Å²) in [6.07, 6.45) is 9.57. The van der Waals surface area contributed by atoms with Crippen molar-refractivity contribution in [2.24, 2.45) is 0 Å². The number of aromatic amines is 1. The van der Waals surface area contributed by atoms with Gasteiger partial charge in [-0.05, 0) is 32.6 Å². The van der Waals surface area contributed by atoms with Crippen LogP contribution in [-0.2, 0) is 4.74 Å². The van der Waals surface area contributed by atoms with Crippen LogP contribution in [0.4, 0.5) is 14.5 Å². The molecule has 1 amide bonds. The number of anilines is 1. The van der Waals surface area contributed by atoms with E-state index < -0.39 is 17.7 Å². The van der Waals surface area contributed by atoms with Gasteiger partial charge in [0, 0.05) is 31.1 Å². The molecular formula is C23H23F2N7O3. The van der Waals surface area contributed by atoms with Crippen molar-refractivity contribution in [2.45, 2.75) is 44.8 Å². The standard InChI is InChI=1S/C23H23F2N7O3/c1-2-34-16-5-3-15(4-6-16)32-11-18(21(31-32)17-7-14(24)8-20(25)28-17)29-22(33)19-12-35-23(30-19)13-9-26-27-10-13/h7-12,15-16H,2-6H2,1H3,(H,26,27)(H,29,33). The van der Waals surface area contributed by atoms with Gasteiger partial charge in [-0.2, -0.15) is 14.6 Å². The summed E-state index contributed by atoms with van der Waals surface area (Å²) in [7, 11) is 0. The third kappa shape index (κ3) is 4.97. The van der Waals surface area contributed by atoms with Crippen LogP contribution in [0.5, 0.6) is 0 Å². The Morgan fingerprint density at radius 1 is 1.26 bits per heavy atom. The number of nitrogens with zero attached hydrogens (tertiary/aromatic N) is 5. The first kappa shape index (κ1) is 22.8. The minimum Gasteiger partial charge on any atom is -0.444 e. The number of hydrogen-bond acceptors (Lipinski definition) is 7. The molecule has 1 fully saturated rings. The first-order chi connectivity index (χ1) is 17.0. The fraction of sp³-hybridized carbons (Fsp3) is 0.348. The van der Waals surface area contributed by atoms with Gasteiger partial charge >= 0.3 is 0 Å². The van der Waals surface area contributed by atoms with Crippen LogP contribution < -0.4 is 5.32 Å². The number of ether oxygens (including phenoxy) is 1. The van der Waals surface area contributed by atoms with Gasteiger partial charge < -0.3 is 14.5 Å². The zero-order chi connectivity index (χ0) is 24.4. The van der Waals surface area contributed by atoms with E-state index in [1.54, 1.807) is 17.1 Å².